The van der Waals surface area contributed by atoms with Crippen molar-refractivity contribution in [3.8, 4) is 5.75 Å². The number of guanidine groups is 1. The normalized spacial score (nSPS) is 12.6. The van der Waals surface area contributed by atoms with Crippen LogP contribution in [-0.4, -0.2) is 25.7 Å². The van der Waals surface area contributed by atoms with Gasteiger partial charge in [-0.3, -0.25) is 0 Å². The highest BCUT2D eigenvalue weighted by atomic mass is 127. The number of nitrogens with one attached hydrogen (secondary N) is 2. The summed E-state index contributed by atoms with van der Waals surface area (Å²) in [7, 11) is 1.69. The molecule has 0 heterocycles. The minimum absolute atomic E-state index is 0. The van der Waals surface area contributed by atoms with Crippen molar-refractivity contribution in [3.63, 3.8) is 0 Å². The number of hydrogen-bond acceptors (Lipinski definition) is 2. The molecular weight excluding hydrogens is 389 g/mol. The van der Waals surface area contributed by atoms with Gasteiger partial charge < -0.3 is 15.4 Å². The zero-order chi connectivity index (χ0) is 15.8. The first kappa shape index (κ1) is 21.0. The first-order valence-electron chi connectivity index (χ1n) is 7.65. The lowest BCUT2D eigenvalue weighted by atomic mass is 10.1. The van der Waals surface area contributed by atoms with Crippen LogP contribution in [0.15, 0.2) is 23.2 Å². The Morgan fingerprint density at radius 3 is 2.45 bits per heavy atom. The Balaban J connectivity index is 0.00000441. The summed E-state index contributed by atoms with van der Waals surface area (Å²) < 4.78 is 5.31. The Hall–Kier alpha value is -0.980. The standard InChI is InChI=1S/C17H29N3O.HI/c1-7-18-17(20-14(5)12(2)3)19-11-15-8-13(4)9-16(10-15)21-6;/h8-10,12,14H,7,11H2,1-6H3,(H2,18,19,20);1H. The van der Waals surface area contributed by atoms with E-state index in [4.69, 9.17) is 4.74 Å². The average Bonchev–Trinajstić information content (AvgIpc) is 2.44. The lowest BCUT2D eigenvalue weighted by Crippen LogP contribution is -2.44. The van der Waals surface area contributed by atoms with Crippen molar-refractivity contribution in [3.05, 3.63) is 29.3 Å². The van der Waals surface area contributed by atoms with E-state index < -0.39 is 0 Å². The maximum absolute atomic E-state index is 5.31. The Morgan fingerprint density at radius 2 is 1.91 bits per heavy atom. The molecule has 0 saturated carbocycles. The Kier molecular flexibility index (Phi) is 10.2. The molecule has 1 atom stereocenters. The number of nitrogens with zero attached hydrogens (tertiary/aromatic N) is 1. The van der Waals surface area contributed by atoms with Crippen molar-refractivity contribution >= 4 is 29.9 Å². The fourth-order valence-electron chi connectivity index (χ4n) is 1.91. The fourth-order valence-corrected chi connectivity index (χ4v) is 1.91. The molecule has 0 aliphatic heterocycles. The fraction of sp³-hybridized carbons (Fsp3) is 0.588. The summed E-state index contributed by atoms with van der Waals surface area (Å²) in [5.41, 5.74) is 2.34. The monoisotopic (exact) mass is 419 g/mol. The summed E-state index contributed by atoms with van der Waals surface area (Å²) in [5.74, 6) is 2.31. The van der Waals surface area contributed by atoms with E-state index in [1.165, 1.54) is 5.56 Å². The van der Waals surface area contributed by atoms with E-state index in [1.807, 2.05) is 12.1 Å². The second-order valence-electron chi connectivity index (χ2n) is 5.73. The van der Waals surface area contributed by atoms with Gasteiger partial charge in [-0.2, -0.15) is 0 Å². The third-order valence-corrected chi connectivity index (χ3v) is 3.47. The van der Waals surface area contributed by atoms with Gasteiger partial charge in [0.1, 0.15) is 5.75 Å². The first-order chi connectivity index (χ1) is 9.96. The maximum atomic E-state index is 5.31. The highest BCUT2D eigenvalue weighted by Gasteiger charge is 2.08. The molecule has 1 aromatic carbocycles. The van der Waals surface area contributed by atoms with Crippen molar-refractivity contribution in [1.29, 1.82) is 0 Å². The third kappa shape index (κ3) is 7.33. The smallest absolute Gasteiger partial charge is 0.191 e. The SMILES string of the molecule is CCNC(=NCc1cc(C)cc(OC)c1)NC(C)C(C)C.I. The maximum Gasteiger partial charge on any atom is 0.191 e. The van der Waals surface area contributed by atoms with Crippen LogP contribution in [0.2, 0.25) is 0 Å². The van der Waals surface area contributed by atoms with Gasteiger partial charge in [-0.1, -0.05) is 19.9 Å². The summed E-state index contributed by atoms with van der Waals surface area (Å²) in [6, 6.07) is 6.58. The quantitative estimate of drug-likeness (QED) is 0.420. The molecule has 1 unspecified atom stereocenters. The van der Waals surface area contributed by atoms with Crippen LogP contribution in [0.5, 0.6) is 5.75 Å². The first-order valence-corrected chi connectivity index (χ1v) is 7.65. The number of halogens is 1. The van der Waals surface area contributed by atoms with Crippen molar-refractivity contribution < 1.29 is 4.74 Å². The summed E-state index contributed by atoms with van der Waals surface area (Å²) in [6.45, 7) is 12.2. The number of hydrogen-bond donors (Lipinski definition) is 2. The Morgan fingerprint density at radius 1 is 1.23 bits per heavy atom. The minimum Gasteiger partial charge on any atom is -0.497 e. The zero-order valence-corrected chi connectivity index (χ0v) is 16.9. The molecular formula is C17H30IN3O. The minimum atomic E-state index is 0. The summed E-state index contributed by atoms with van der Waals surface area (Å²) in [6.07, 6.45) is 0. The van der Waals surface area contributed by atoms with Crippen LogP contribution in [-0.2, 0) is 6.54 Å². The topological polar surface area (TPSA) is 45.7 Å². The van der Waals surface area contributed by atoms with Gasteiger partial charge in [-0.05, 0) is 49.9 Å². The molecule has 5 heteroatoms. The number of aryl methyl sites for hydroxylation is 1. The van der Waals surface area contributed by atoms with Gasteiger partial charge in [0, 0.05) is 12.6 Å². The summed E-state index contributed by atoms with van der Waals surface area (Å²) >= 11 is 0. The van der Waals surface area contributed by atoms with Crippen LogP contribution in [0.1, 0.15) is 38.8 Å². The van der Waals surface area contributed by atoms with E-state index in [0.717, 1.165) is 23.8 Å². The molecule has 0 saturated heterocycles. The average molecular weight is 419 g/mol. The number of benzene rings is 1. The lowest BCUT2D eigenvalue weighted by molar-refractivity contribution is 0.414. The molecule has 0 spiro atoms. The highest BCUT2D eigenvalue weighted by molar-refractivity contribution is 14.0. The number of methoxy groups -OCH3 is 1. The summed E-state index contributed by atoms with van der Waals surface area (Å²) in [5, 5.41) is 6.73. The van der Waals surface area contributed by atoms with Gasteiger partial charge in [-0.25, -0.2) is 4.99 Å². The molecule has 0 amide bonds. The molecule has 1 aromatic rings. The molecule has 22 heavy (non-hydrogen) atoms. The lowest BCUT2D eigenvalue weighted by Gasteiger charge is -2.20. The van der Waals surface area contributed by atoms with Crippen LogP contribution in [0.3, 0.4) is 0 Å². The molecule has 0 fully saturated rings. The van der Waals surface area contributed by atoms with Crippen LogP contribution >= 0.6 is 24.0 Å². The van der Waals surface area contributed by atoms with E-state index in [1.54, 1.807) is 7.11 Å². The van der Waals surface area contributed by atoms with Gasteiger partial charge in [0.25, 0.3) is 0 Å². The second-order valence-corrected chi connectivity index (χ2v) is 5.73. The van der Waals surface area contributed by atoms with Crippen molar-refractivity contribution in [2.75, 3.05) is 13.7 Å². The van der Waals surface area contributed by atoms with Crippen molar-refractivity contribution in [2.24, 2.45) is 10.9 Å². The molecule has 0 radical (unpaired) electrons. The van der Waals surface area contributed by atoms with E-state index in [2.05, 4.69) is 56.3 Å². The van der Waals surface area contributed by atoms with E-state index >= 15 is 0 Å². The van der Waals surface area contributed by atoms with Gasteiger partial charge in [0.2, 0.25) is 0 Å². The highest BCUT2D eigenvalue weighted by Crippen LogP contribution is 2.17. The van der Waals surface area contributed by atoms with Crippen LogP contribution < -0.4 is 15.4 Å². The third-order valence-electron chi connectivity index (χ3n) is 3.47. The molecule has 0 aliphatic carbocycles. The molecule has 126 valence electrons. The Bertz CT molecular complexity index is 475. The largest absolute Gasteiger partial charge is 0.497 e. The van der Waals surface area contributed by atoms with Crippen LogP contribution in [0, 0.1) is 12.8 Å². The molecule has 1 rings (SSSR count). The predicted octanol–water partition coefficient (Wildman–Crippen LogP) is 3.72. The van der Waals surface area contributed by atoms with Gasteiger partial charge >= 0.3 is 0 Å². The molecule has 2 N–H and O–H groups in total. The molecule has 0 aromatic heterocycles. The van der Waals surface area contributed by atoms with E-state index in [0.29, 0.717) is 18.5 Å². The van der Waals surface area contributed by atoms with Crippen molar-refractivity contribution in [1.82, 2.24) is 10.6 Å². The molecule has 0 bridgehead atoms. The summed E-state index contributed by atoms with van der Waals surface area (Å²) in [4.78, 5) is 4.66. The Labute approximate surface area is 152 Å². The van der Waals surface area contributed by atoms with Crippen LogP contribution in [0.25, 0.3) is 0 Å². The molecule has 4 nitrogen and oxygen atoms in total. The number of rotatable bonds is 6. The van der Waals surface area contributed by atoms with E-state index in [9.17, 15) is 0 Å². The zero-order valence-electron chi connectivity index (χ0n) is 14.6. The second kappa shape index (κ2) is 10.7. The molecule has 0 aliphatic rings. The van der Waals surface area contributed by atoms with E-state index in [-0.39, 0.29) is 24.0 Å². The number of aliphatic imine (C=N–C) groups is 1. The van der Waals surface area contributed by atoms with Crippen molar-refractivity contribution in [2.45, 2.75) is 47.2 Å². The van der Waals surface area contributed by atoms with Gasteiger partial charge in [-0.15, -0.1) is 24.0 Å². The number of ether oxygens (including phenoxy) is 1. The van der Waals surface area contributed by atoms with Gasteiger partial charge in [0.05, 0.1) is 13.7 Å². The van der Waals surface area contributed by atoms with Gasteiger partial charge in [0.15, 0.2) is 5.96 Å². The predicted molar refractivity (Wildman–Crippen MR) is 105 cm³/mol. The van der Waals surface area contributed by atoms with Crippen LogP contribution in [0.4, 0.5) is 0 Å².